The van der Waals surface area contributed by atoms with Gasteiger partial charge in [0.05, 0.1) is 17.6 Å². The van der Waals surface area contributed by atoms with Crippen LogP contribution in [0.15, 0.2) is 64.7 Å². The predicted molar refractivity (Wildman–Crippen MR) is 109 cm³/mol. The number of aliphatic imine (C=N–C) groups is 1. The van der Waals surface area contributed by atoms with Crippen LogP contribution < -0.4 is 27.8 Å². The molecule has 2 aliphatic carbocycles. The number of nitrogens with zero attached hydrogens (tertiary/aromatic N) is 1. The van der Waals surface area contributed by atoms with Crippen molar-refractivity contribution in [2.45, 2.75) is 24.9 Å². The molecular formula is C18H26N6S. The van der Waals surface area contributed by atoms with Crippen LogP contribution in [0.3, 0.4) is 0 Å². The van der Waals surface area contributed by atoms with E-state index in [4.69, 9.17) is 29.4 Å². The molecule has 0 amide bonds. The Morgan fingerprint density at radius 3 is 2.08 bits per heavy atom. The number of rotatable bonds is 4. The predicted octanol–water partition coefficient (Wildman–Crippen LogP) is 0.749. The summed E-state index contributed by atoms with van der Waals surface area (Å²) in [6, 6.07) is 0. The third-order valence-electron chi connectivity index (χ3n) is 3.87. The first-order valence-electron chi connectivity index (χ1n) is 8.11. The zero-order valence-electron chi connectivity index (χ0n) is 14.6. The highest BCUT2D eigenvalue weighted by Crippen LogP contribution is 2.24. The number of thiocarbonyl (C=S) groups is 1. The number of nitrogens with two attached hydrogens (primary N) is 3. The normalized spacial score (nSPS) is 19.6. The molecule has 7 heteroatoms. The summed E-state index contributed by atoms with van der Waals surface area (Å²) >= 11 is 5.35. The van der Waals surface area contributed by atoms with E-state index in [0.717, 1.165) is 11.1 Å². The third kappa shape index (κ3) is 5.88. The summed E-state index contributed by atoms with van der Waals surface area (Å²) in [5.41, 5.74) is 18.1. The van der Waals surface area contributed by atoms with E-state index in [2.05, 4.69) is 46.9 Å². The first kappa shape index (κ1) is 19.0. The molecule has 0 aromatic heterocycles. The molecule has 0 bridgehead atoms. The second kappa shape index (κ2) is 7.67. The minimum atomic E-state index is -0.434. The summed E-state index contributed by atoms with van der Waals surface area (Å²) in [6.45, 7) is 5.05. The van der Waals surface area contributed by atoms with Gasteiger partial charge in [-0.25, -0.2) is 0 Å². The van der Waals surface area contributed by atoms with Crippen molar-refractivity contribution in [2.75, 3.05) is 13.1 Å². The Kier molecular flexibility index (Phi) is 5.81. The average Bonchev–Trinajstić information content (AvgIpc) is 2.76. The van der Waals surface area contributed by atoms with Crippen LogP contribution in [0.2, 0.25) is 0 Å². The molecule has 2 aliphatic rings. The zero-order chi connectivity index (χ0) is 18.5. The van der Waals surface area contributed by atoms with Gasteiger partial charge in [-0.05, 0) is 37.2 Å². The molecule has 2 rings (SSSR count). The molecule has 0 spiro atoms. The molecule has 0 aromatic carbocycles. The van der Waals surface area contributed by atoms with Crippen LogP contribution in [-0.2, 0) is 0 Å². The van der Waals surface area contributed by atoms with E-state index in [1.165, 1.54) is 0 Å². The van der Waals surface area contributed by atoms with Crippen LogP contribution in [0, 0.1) is 0 Å². The van der Waals surface area contributed by atoms with Crippen molar-refractivity contribution in [2.24, 2.45) is 22.2 Å². The smallest absolute Gasteiger partial charge is 0.185 e. The lowest BCUT2D eigenvalue weighted by Crippen LogP contribution is -2.48. The summed E-state index contributed by atoms with van der Waals surface area (Å²) in [4.78, 5) is 3.91. The summed E-state index contributed by atoms with van der Waals surface area (Å²) in [5, 5.41) is 6.93. The van der Waals surface area contributed by atoms with Gasteiger partial charge in [-0.1, -0.05) is 48.6 Å². The Bertz CT molecular complexity index is 669. The number of allylic oxidation sites excluding steroid dienone is 6. The van der Waals surface area contributed by atoms with E-state index in [-0.39, 0.29) is 5.96 Å². The maximum atomic E-state index is 6.16. The summed E-state index contributed by atoms with van der Waals surface area (Å²) < 4.78 is 0. The minimum absolute atomic E-state index is 0.0736. The Labute approximate surface area is 154 Å². The maximum absolute atomic E-state index is 6.16. The molecule has 25 heavy (non-hydrogen) atoms. The third-order valence-corrected chi connectivity index (χ3v) is 4.12. The van der Waals surface area contributed by atoms with Gasteiger partial charge in [-0.2, -0.15) is 0 Å². The molecule has 0 radical (unpaired) electrons. The number of guanidine groups is 1. The minimum Gasteiger partial charge on any atom is -0.370 e. The molecule has 0 heterocycles. The van der Waals surface area contributed by atoms with Gasteiger partial charge in [0.1, 0.15) is 0 Å². The lowest BCUT2D eigenvalue weighted by atomic mass is 10.0. The van der Waals surface area contributed by atoms with E-state index in [9.17, 15) is 0 Å². The molecule has 8 N–H and O–H groups in total. The van der Waals surface area contributed by atoms with Crippen LogP contribution in [-0.4, -0.2) is 35.2 Å². The molecular weight excluding hydrogens is 332 g/mol. The van der Waals surface area contributed by atoms with E-state index < -0.39 is 11.1 Å². The topological polar surface area (TPSA) is 114 Å². The van der Waals surface area contributed by atoms with Gasteiger partial charge in [-0.3, -0.25) is 4.99 Å². The molecule has 0 aromatic rings. The SMILES string of the molecule is CC1(N)C=CC2=C(C=C1)C=CC(C)(NC(=S)NCCN=C(N)N)C=C2. The fourth-order valence-electron chi connectivity index (χ4n) is 2.40. The molecule has 0 unspecified atom stereocenters. The van der Waals surface area contributed by atoms with E-state index >= 15 is 0 Å². The number of hydrogen-bond acceptors (Lipinski definition) is 3. The van der Waals surface area contributed by atoms with Gasteiger partial charge >= 0.3 is 0 Å². The summed E-state index contributed by atoms with van der Waals surface area (Å²) in [6.07, 6.45) is 16.4. The highest BCUT2D eigenvalue weighted by atomic mass is 32.1. The largest absolute Gasteiger partial charge is 0.370 e. The van der Waals surface area contributed by atoms with Gasteiger partial charge in [0.15, 0.2) is 11.1 Å². The van der Waals surface area contributed by atoms with Crippen molar-refractivity contribution >= 4 is 23.3 Å². The van der Waals surface area contributed by atoms with Gasteiger partial charge < -0.3 is 27.8 Å². The second-order valence-electron chi connectivity index (χ2n) is 6.58. The highest BCUT2D eigenvalue weighted by Gasteiger charge is 2.21. The van der Waals surface area contributed by atoms with Crippen molar-refractivity contribution in [3.8, 4) is 0 Å². The fourth-order valence-corrected chi connectivity index (χ4v) is 2.72. The fraction of sp³-hybridized carbons (Fsp3) is 0.333. The molecule has 0 saturated heterocycles. The Hall–Kier alpha value is -2.38. The second-order valence-corrected chi connectivity index (χ2v) is 6.99. The Morgan fingerprint density at radius 2 is 1.56 bits per heavy atom. The van der Waals surface area contributed by atoms with Crippen molar-refractivity contribution in [3.63, 3.8) is 0 Å². The lowest BCUT2D eigenvalue weighted by Gasteiger charge is -2.25. The van der Waals surface area contributed by atoms with Crippen molar-refractivity contribution < 1.29 is 0 Å². The van der Waals surface area contributed by atoms with E-state index in [1.54, 1.807) is 0 Å². The first-order chi connectivity index (χ1) is 11.7. The first-order valence-corrected chi connectivity index (χ1v) is 8.51. The molecule has 0 saturated carbocycles. The summed E-state index contributed by atoms with van der Waals surface area (Å²) in [7, 11) is 0. The van der Waals surface area contributed by atoms with Crippen LogP contribution in [0.5, 0.6) is 0 Å². The van der Waals surface area contributed by atoms with Crippen LogP contribution in [0.25, 0.3) is 0 Å². The van der Waals surface area contributed by atoms with Crippen LogP contribution in [0.4, 0.5) is 0 Å². The molecule has 134 valence electrons. The Morgan fingerprint density at radius 1 is 1.04 bits per heavy atom. The van der Waals surface area contributed by atoms with Crippen LogP contribution in [0.1, 0.15) is 13.8 Å². The van der Waals surface area contributed by atoms with Gasteiger partial charge in [0.2, 0.25) is 0 Å². The quantitative estimate of drug-likeness (QED) is 0.219. The molecule has 0 aliphatic heterocycles. The van der Waals surface area contributed by atoms with Crippen molar-refractivity contribution in [3.05, 3.63) is 59.8 Å². The van der Waals surface area contributed by atoms with Gasteiger partial charge in [0, 0.05) is 6.54 Å². The number of nitrogens with one attached hydrogen (secondary N) is 2. The summed E-state index contributed by atoms with van der Waals surface area (Å²) in [5.74, 6) is 0.0736. The molecule has 0 atom stereocenters. The van der Waals surface area contributed by atoms with E-state index in [1.807, 2.05) is 31.2 Å². The lowest BCUT2D eigenvalue weighted by molar-refractivity contribution is 0.634. The Balaban J connectivity index is 2.01. The molecule has 0 fully saturated rings. The maximum Gasteiger partial charge on any atom is 0.185 e. The van der Waals surface area contributed by atoms with Crippen molar-refractivity contribution in [1.29, 1.82) is 0 Å². The van der Waals surface area contributed by atoms with E-state index in [0.29, 0.717) is 18.2 Å². The monoisotopic (exact) mass is 358 g/mol. The average molecular weight is 359 g/mol. The van der Waals surface area contributed by atoms with Gasteiger partial charge in [-0.15, -0.1) is 0 Å². The van der Waals surface area contributed by atoms with Gasteiger partial charge in [0.25, 0.3) is 0 Å². The zero-order valence-corrected chi connectivity index (χ0v) is 15.4. The molecule has 6 nitrogen and oxygen atoms in total. The van der Waals surface area contributed by atoms with Crippen LogP contribution >= 0.6 is 12.2 Å². The van der Waals surface area contributed by atoms with Crippen molar-refractivity contribution in [1.82, 2.24) is 10.6 Å². The standard InChI is InChI=1S/C18H26N6S/c1-17(21)7-3-13-5-9-18(2,10-6-14(13)4-8-17)24-16(25)23-12-11-22-15(19)20/h3-10H,11-12,21H2,1-2H3,(H4,19,20,22)(H2,23,24,25). The number of hydrogen-bond donors (Lipinski definition) is 5. The highest BCUT2D eigenvalue weighted by molar-refractivity contribution is 7.80.